The summed E-state index contributed by atoms with van der Waals surface area (Å²) in [6.45, 7) is 3.30. The summed E-state index contributed by atoms with van der Waals surface area (Å²) in [5.74, 6) is -2.01. The van der Waals surface area contributed by atoms with Crippen LogP contribution < -0.4 is 27.2 Å². The molecule has 0 spiro atoms. The molecule has 0 fully saturated rings. The lowest BCUT2D eigenvalue weighted by atomic mass is 10.1. The number of ether oxygens (including phenoxy) is 1. The van der Waals surface area contributed by atoms with Gasteiger partial charge in [0.25, 0.3) is 5.56 Å². The van der Waals surface area contributed by atoms with Crippen molar-refractivity contribution < 1.29 is 24.2 Å². The number of amidine groups is 1. The van der Waals surface area contributed by atoms with Crippen molar-refractivity contribution in [3.63, 3.8) is 0 Å². The number of nitrogens with one attached hydrogen (secondary N) is 4. The highest BCUT2D eigenvalue weighted by atomic mass is 35.5. The Morgan fingerprint density at radius 2 is 1.72 bits per heavy atom. The van der Waals surface area contributed by atoms with Gasteiger partial charge in [-0.25, -0.2) is 14.6 Å². The molecule has 0 saturated heterocycles. The first-order valence-corrected chi connectivity index (χ1v) is 14.4. The number of carbonyl (C=O) groups excluding carboxylic acids is 2. The number of carbonyl (C=O) groups is 3. The number of aromatic carboxylic acids is 1. The second-order valence-corrected chi connectivity index (χ2v) is 10.8. The van der Waals surface area contributed by atoms with Crippen LogP contribution in [0.2, 0.25) is 5.15 Å². The molecule has 0 bridgehead atoms. The molecule has 0 saturated carbocycles. The number of alkyl carbamates (subject to hydrolysis) is 1. The number of halogens is 1. The summed E-state index contributed by atoms with van der Waals surface area (Å²) in [5, 5.41) is 25.6. The van der Waals surface area contributed by atoms with E-state index in [1.165, 1.54) is 18.2 Å². The number of nitrogens with two attached hydrogens (primary N) is 1. The highest BCUT2D eigenvalue weighted by Crippen LogP contribution is 2.29. The highest BCUT2D eigenvalue weighted by molar-refractivity contribution is 6.32. The van der Waals surface area contributed by atoms with E-state index in [4.69, 9.17) is 27.5 Å². The van der Waals surface area contributed by atoms with E-state index in [2.05, 4.69) is 20.9 Å². The van der Waals surface area contributed by atoms with Crippen molar-refractivity contribution in [2.75, 3.05) is 11.1 Å². The second kappa shape index (κ2) is 14.9. The number of carboxylic acids is 1. The van der Waals surface area contributed by atoms with Gasteiger partial charge in [0.15, 0.2) is 11.0 Å². The predicted molar refractivity (Wildman–Crippen MR) is 174 cm³/mol. The monoisotopic (exact) mass is 645 g/mol. The highest BCUT2D eigenvalue weighted by Gasteiger charge is 2.21. The molecule has 3 aromatic carbocycles. The molecule has 0 radical (unpaired) electrons. The number of anilines is 2. The van der Waals surface area contributed by atoms with Gasteiger partial charge in [-0.3, -0.25) is 24.9 Å². The largest absolute Gasteiger partial charge is 0.478 e. The van der Waals surface area contributed by atoms with E-state index in [-0.39, 0.29) is 58.5 Å². The minimum Gasteiger partial charge on any atom is -0.478 e. The number of rotatable bonds is 11. The lowest BCUT2D eigenvalue weighted by molar-refractivity contribution is -0.121. The molecule has 238 valence electrons. The van der Waals surface area contributed by atoms with Crippen LogP contribution in [-0.2, 0) is 29.2 Å². The van der Waals surface area contributed by atoms with Crippen LogP contribution >= 0.6 is 11.6 Å². The SMILES string of the molecule is CC(C)Nc1nc(Cl)c(-c2cc(N)cc(C(=O)O)c2)n(CC(=O)NCc2ccc(C(=N)NC(=O)OCc3ccccc3)cc2)c1=O. The third-order valence-electron chi connectivity index (χ3n) is 6.50. The number of hydrogen-bond acceptors (Lipinski definition) is 9. The van der Waals surface area contributed by atoms with Gasteiger partial charge in [0.05, 0.1) is 11.3 Å². The number of nitrogen functional groups attached to an aromatic ring is 1. The molecule has 46 heavy (non-hydrogen) atoms. The Labute approximate surface area is 268 Å². The molecule has 1 heterocycles. The van der Waals surface area contributed by atoms with Crippen LogP contribution in [0.1, 0.15) is 40.9 Å². The van der Waals surface area contributed by atoms with Crippen LogP contribution in [-0.4, -0.2) is 44.5 Å². The van der Waals surface area contributed by atoms with E-state index in [9.17, 15) is 24.3 Å². The van der Waals surface area contributed by atoms with Crippen molar-refractivity contribution >= 4 is 46.9 Å². The Kier molecular flexibility index (Phi) is 10.7. The van der Waals surface area contributed by atoms with E-state index in [1.807, 2.05) is 30.3 Å². The third kappa shape index (κ3) is 8.70. The second-order valence-electron chi connectivity index (χ2n) is 10.5. The van der Waals surface area contributed by atoms with Gasteiger partial charge in [0, 0.05) is 29.4 Å². The van der Waals surface area contributed by atoms with Crippen molar-refractivity contribution in [3.05, 3.63) is 111 Å². The van der Waals surface area contributed by atoms with Crippen LogP contribution in [0.3, 0.4) is 0 Å². The normalized spacial score (nSPS) is 10.7. The van der Waals surface area contributed by atoms with Crippen LogP contribution in [0.15, 0.2) is 77.6 Å². The van der Waals surface area contributed by atoms with E-state index < -0.39 is 30.1 Å². The molecular formula is C32H32ClN7O6. The fourth-order valence-electron chi connectivity index (χ4n) is 4.37. The van der Waals surface area contributed by atoms with E-state index >= 15 is 0 Å². The van der Waals surface area contributed by atoms with Crippen molar-refractivity contribution in [1.29, 1.82) is 5.41 Å². The predicted octanol–water partition coefficient (Wildman–Crippen LogP) is 4.23. The quantitative estimate of drug-likeness (QED) is 0.0784. The first-order valence-electron chi connectivity index (χ1n) is 14.0. The number of hydrogen-bond donors (Lipinski definition) is 6. The summed E-state index contributed by atoms with van der Waals surface area (Å²) < 4.78 is 6.26. The summed E-state index contributed by atoms with van der Waals surface area (Å²) in [6.07, 6.45) is -0.764. The Morgan fingerprint density at radius 1 is 1.02 bits per heavy atom. The minimum absolute atomic E-state index is 0.0311. The molecule has 13 nitrogen and oxygen atoms in total. The maximum atomic E-state index is 13.4. The van der Waals surface area contributed by atoms with Crippen molar-refractivity contribution in [2.45, 2.75) is 39.6 Å². The maximum absolute atomic E-state index is 13.4. The Morgan fingerprint density at radius 3 is 2.37 bits per heavy atom. The molecule has 4 aromatic rings. The Bertz CT molecular complexity index is 1830. The minimum atomic E-state index is -1.23. The molecular weight excluding hydrogens is 614 g/mol. The van der Waals surface area contributed by atoms with Crippen LogP contribution in [0.5, 0.6) is 0 Å². The Balaban J connectivity index is 1.45. The van der Waals surface area contributed by atoms with Gasteiger partial charge in [-0.1, -0.05) is 66.2 Å². The van der Waals surface area contributed by atoms with E-state index in [1.54, 1.807) is 38.1 Å². The zero-order valence-electron chi connectivity index (χ0n) is 25.0. The van der Waals surface area contributed by atoms with Crippen LogP contribution in [0.4, 0.5) is 16.3 Å². The number of amides is 2. The lowest BCUT2D eigenvalue weighted by Crippen LogP contribution is -2.35. The van der Waals surface area contributed by atoms with E-state index in [0.717, 1.165) is 10.1 Å². The summed E-state index contributed by atoms with van der Waals surface area (Å²) in [6, 6.07) is 19.5. The standard InChI is InChI=1S/C32H32ClN7O6/c1-18(2)37-29-30(42)40(26(27(33)38-29)22-12-23(31(43)44)14-24(34)13-22)16-25(41)36-15-19-8-10-21(11-9-19)28(35)39-32(45)46-17-20-6-4-3-5-7-20/h3-14,18H,15-17,34H2,1-2H3,(H,36,41)(H,37,38)(H,43,44)(H2,35,39,45). The molecule has 1 aromatic heterocycles. The van der Waals surface area contributed by atoms with Gasteiger partial charge in [-0.2, -0.15) is 0 Å². The molecule has 0 aliphatic carbocycles. The fourth-order valence-corrected chi connectivity index (χ4v) is 4.66. The van der Waals surface area contributed by atoms with Gasteiger partial charge in [-0.15, -0.1) is 0 Å². The maximum Gasteiger partial charge on any atom is 0.413 e. The average Bonchev–Trinajstić information content (AvgIpc) is 3.01. The average molecular weight is 646 g/mol. The lowest BCUT2D eigenvalue weighted by Gasteiger charge is -2.18. The van der Waals surface area contributed by atoms with Gasteiger partial charge in [0.1, 0.15) is 19.0 Å². The number of aromatic nitrogens is 2. The van der Waals surface area contributed by atoms with Gasteiger partial charge in [0.2, 0.25) is 5.91 Å². The first-order chi connectivity index (χ1) is 21.9. The topological polar surface area (TPSA) is 202 Å². The molecule has 0 aliphatic rings. The zero-order valence-corrected chi connectivity index (χ0v) is 25.7. The molecule has 2 amide bonds. The number of nitrogens with zero attached hydrogens (tertiary/aromatic N) is 2. The molecule has 0 atom stereocenters. The summed E-state index contributed by atoms with van der Waals surface area (Å²) in [7, 11) is 0. The fraction of sp³-hybridized carbons (Fsp3) is 0.188. The van der Waals surface area contributed by atoms with Gasteiger partial charge < -0.3 is 26.2 Å². The molecule has 7 N–H and O–H groups in total. The summed E-state index contributed by atoms with van der Waals surface area (Å²) in [4.78, 5) is 54.5. The van der Waals surface area contributed by atoms with Crippen molar-refractivity contribution in [1.82, 2.24) is 20.2 Å². The van der Waals surface area contributed by atoms with Crippen LogP contribution in [0.25, 0.3) is 11.3 Å². The summed E-state index contributed by atoms with van der Waals surface area (Å²) >= 11 is 6.50. The first kappa shape index (κ1) is 33.2. The summed E-state index contributed by atoms with van der Waals surface area (Å²) in [5.41, 5.74) is 7.42. The van der Waals surface area contributed by atoms with Crippen molar-refractivity contribution in [3.8, 4) is 11.3 Å². The van der Waals surface area contributed by atoms with Crippen LogP contribution in [0, 0.1) is 5.41 Å². The molecule has 0 aliphatic heterocycles. The Hall–Kier alpha value is -5.69. The molecule has 4 rings (SSSR count). The van der Waals surface area contributed by atoms with E-state index in [0.29, 0.717) is 11.1 Å². The van der Waals surface area contributed by atoms with Gasteiger partial charge >= 0.3 is 12.1 Å². The number of benzene rings is 3. The number of carboxylic acid groups (broad SMARTS) is 1. The molecule has 0 unspecified atom stereocenters. The third-order valence-corrected chi connectivity index (χ3v) is 6.76. The van der Waals surface area contributed by atoms with Crippen molar-refractivity contribution in [2.24, 2.45) is 0 Å². The zero-order chi connectivity index (χ0) is 33.4. The smallest absolute Gasteiger partial charge is 0.413 e. The molecule has 14 heteroatoms. The van der Waals surface area contributed by atoms with Gasteiger partial charge in [-0.05, 0) is 43.2 Å².